The highest BCUT2D eigenvalue weighted by Gasteiger charge is 2.19. The first-order valence-electron chi connectivity index (χ1n) is 9.08. The van der Waals surface area contributed by atoms with Crippen molar-refractivity contribution in [2.24, 2.45) is 0 Å². The molecule has 8 heteroatoms. The van der Waals surface area contributed by atoms with Crippen LogP contribution in [0.1, 0.15) is 34.0 Å². The number of aryl methyl sites for hydroxylation is 2. The number of carbonyl (C=O) groups is 1. The van der Waals surface area contributed by atoms with Crippen molar-refractivity contribution in [1.82, 2.24) is 15.3 Å². The number of hydrogen-bond acceptors (Lipinski definition) is 6. The number of aromatic nitrogens is 2. The number of nitrogens with one attached hydrogen (secondary N) is 2. The summed E-state index contributed by atoms with van der Waals surface area (Å²) in [7, 11) is 4.71. The van der Waals surface area contributed by atoms with Crippen LogP contribution in [0.3, 0.4) is 0 Å². The second kappa shape index (κ2) is 8.97. The van der Waals surface area contributed by atoms with Gasteiger partial charge in [-0.25, -0.2) is 4.98 Å². The van der Waals surface area contributed by atoms with E-state index in [-0.39, 0.29) is 5.91 Å². The third kappa shape index (κ3) is 4.22. The van der Waals surface area contributed by atoms with Crippen LogP contribution in [0.2, 0.25) is 0 Å². The van der Waals surface area contributed by atoms with Gasteiger partial charge in [0.25, 0.3) is 5.91 Å². The minimum atomic E-state index is -0.163. The molecule has 1 amide bonds. The van der Waals surface area contributed by atoms with E-state index in [9.17, 15) is 4.79 Å². The van der Waals surface area contributed by atoms with E-state index in [2.05, 4.69) is 20.7 Å². The second-order valence-corrected chi connectivity index (χ2v) is 7.32. The van der Waals surface area contributed by atoms with E-state index in [1.807, 2.05) is 6.92 Å². The van der Waals surface area contributed by atoms with Gasteiger partial charge < -0.3 is 24.5 Å². The quantitative estimate of drug-likeness (QED) is 0.532. The van der Waals surface area contributed by atoms with Crippen LogP contribution >= 0.6 is 11.3 Å². The lowest BCUT2D eigenvalue weighted by atomic mass is 10.2. The summed E-state index contributed by atoms with van der Waals surface area (Å²) in [4.78, 5) is 20.1. The number of unbranched alkanes of at least 4 members (excludes halogenated alkanes) is 1. The number of fused-ring (bicyclic) bond motifs is 1. The molecule has 0 unspecified atom stereocenters. The lowest BCUT2D eigenvalue weighted by Gasteiger charge is -2.11. The first-order valence-corrected chi connectivity index (χ1v) is 9.96. The molecule has 0 saturated carbocycles. The summed E-state index contributed by atoms with van der Waals surface area (Å²) in [5.74, 6) is 1.53. The molecule has 3 aromatic rings. The number of methoxy groups -OCH3 is 3. The highest BCUT2D eigenvalue weighted by molar-refractivity contribution is 7.09. The van der Waals surface area contributed by atoms with Crippen LogP contribution in [0.4, 0.5) is 0 Å². The van der Waals surface area contributed by atoms with E-state index in [0.717, 1.165) is 35.4 Å². The summed E-state index contributed by atoms with van der Waals surface area (Å²) in [5.41, 5.74) is 2.19. The van der Waals surface area contributed by atoms with Gasteiger partial charge in [0, 0.05) is 29.1 Å². The smallest absolute Gasteiger partial charge is 0.267 e. The van der Waals surface area contributed by atoms with Crippen LogP contribution in [0.25, 0.3) is 10.9 Å². The van der Waals surface area contributed by atoms with Crippen molar-refractivity contribution in [1.29, 1.82) is 0 Å². The van der Waals surface area contributed by atoms with Gasteiger partial charge in [-0.1, -0.05) is 0 Å². The van der Waals surface area contributed by atoms with Crippen molar-refractivity contribution in [3.05, 3.63) is 33.9 Å². The molecule has 2 aromatic heterocycles. The molecule has 0 aliphatic carbocycles. The summed E-state index contributed by atoms with van der Waals surface area (Å²) < 4.78 is 16.2. The standard InChI is InChI=1S/C20H25N3O4S/c1-12-11-28-17(22-12)7-5-6-8-21-20(24)14-9-13-15(25-2)10-16(26-3)19(27-4)18(13)23-14/h9-11,23H,5-8H2,1-4H3,(H,21,24). The van der Waals surface area contributed by atoms with Crippen molar-refractivity contribution in [3.8, 4) is 17.2 Å². The second-order valence-electron chi connectivity index (χ2n) is 6.38. The van der Waals surface area contributed by atoms with Gasteiger partial charge in [0.1, 0.15) is 11.4 Å². The maximum atomic E-state index is 12.5. The number of H-pyrrole nitrogens is 1. The normalized spacial score (nSPS) is 10.9. The van der Waals surface area contributed by atoms with Crippen molar-refractivity contribution in [3.63, 3.8) is 0 Å². The van der Waals surface area contributed by atoms with E-state index in [0.29, 0.717) is 35.0 Å². The molecule has 0 aliphatic heterocycles. The van der Waals surface area contributed by atoms with E-state index in [1.54, 1.807) is 44.8 Å². The van der Waals surface area contributed by atoms with Crippen LogP contribution in [0.5, 0.6) is 17.2 Å². The van der Waals surface area contributed by atoms with Crippen molar-refractivity contribution < 1.29 is 19.0 Å². The summed E-state index contributed by atoms with van der Waals surface area (Å²) >= 11 is 1.69. The highest BCUT2D eigenvalue weighted by Crippen LogP contribution is 2.41. The Balaban J connectivity index is 1.64. The van der Waals surface area contributed by atoms with E-state index < -0.39 is 0 Å². The predicted molar refractivity (Wildman–Crippen MR) is 110 cm³/mol. The third-order valence-corrected chi connectivity index (χ3v) is 5.48. The van der Waals surface area contributed by atoms with Gasteiger partial charge in [-0.3, -0.25) is 4.79 Å². The van der Waals surface area contributed by atoms with E-state index in [4.69, 9.17) is 14.2 Å². The Kier molecular flexibility index (Phi) is 6.41. The fourth-order valence-corrected chi connectivity index (χ4v) is 3.89. The number of benzene rings is 1. The lowest BCUT2D eigenvalue weighted by molar-refractivity contribution is 0.0949. The zero-order valence-electron chi connectivity index (χ0n) is 16.5. The number of ether oxygens (including phenoxy) is 3. The fraction of sp³-hybridized carbons (Fsp3) is 0.400. The lowest BCUT2D eigenvalue weighted by Crippen LogP contribution is -2.24. The van der Waals surface area contributed by atoms with E-state index >= 15 is 0 Å². The van der Waals surface area contributed by atoms with Crippen molar-refractivity contribution >= 4 is 28.1 Å². The molecule has 7 nitrogen and oxygen atoms in total. The third-order valence-electron chi connectivity index (χ3n) is 4.45. The topological polar surface area (TPSA) is 85.5 Å². The molecule has 3 rings (SSSR count). The van der Waals surface area contributed by atoms with Crippen LogP contribution in [-0.4, -0.2) is 43.7 Å². The average molecular weight is 404 g/mol. The molecule has 0 aliphatic rings. The Hall–Kier alpha value is -2.74. The molecule has 28 heavy (non-hydrogen) atoms. The molecule has 1 aromatic carbocycles. The van der Waals surface area contributed by atoms with Gasteiger partial charge in [-0.2, -0.15) is 0 Å². The molecule has 0 radical (unpaired) electrons. The molecular formula is C20H25N3O4S. The number of thiazole rings is 1. The number of hydrogen-bond donors (Lipinski definition) is 2. The Morgan fingerprint density at radius 2 is 1.93 bits per heavy atom. The highest BCUT2D eigenvalue weighted by atomic mass is 32.1. The van der Waals surface area contributed by atoms with Gasteiger partial charge in [0.05, 0.1) is 31.9 Å². The fourth-order valence-electron chi connectivity index (χ4n) is 3.07. The molecule has 0 bridgehead atoms. The minimum Gasteiger partial charge on any atom is -0.496 e. The monoisotopic (exact) mass is 403 g/mol. The van der Waals surface area contributed by atoms with Gasteiger partial charge in [0.2, 0.25) is 0 Å². The Morgan fingerprint density at radius 3 is 2.57 bits per heavy atom. The van der Waals surface area contributed by atoms with Crippen LogP contribution in [0, 0.1) is 6.92 Å². The SMILES string of the molecule is COc1cc(OC)c2cc(C(=O)NCCCCc3nc(C)cs3)[nH]c2c1OC. The summed E-state index contributed by atoms with van der Waals surface area (Å²) in [5, 5.41) is 6.93. The molecule has 0 atom stereocenters. The zero-order chi connectivity index (χ0) is 20.1. The number of aromatic amines is 1. The van der Waals surface area contributed by atoms with Crippen LogP contribution in [0.15, 0.2) is 17.5 Å². The first kappa shape index (κ1) is 20.0. The van der Waals surface area contributed by atoms with Crippen molar-refractivity contribution in [2.75, 3.05) is 27.9 Å². The van der Waals surface area contributed by atoms with Gasteiger partial charge in [-0.05, 0) is 32.3 Å². The maximum Gasteiger partial charge on any atom is 0.267 e. The summed E-state index contributed by atoms with van der Waals surface area (Å²) in [6.45, 7) is 2.61. The Labute approximate surface area is 168 Å². The number of nitrogens with zero attached hydrogens (tertiary/aromatic N) is 1. The Morgan fingerprint density at radius 1 is 1.14 bits per heavy atom. The van der Waals surface area contributed by atoms with Crippen LogP contribution in [-0.2, 0) is 6.42 Å². The molecule has 150 valence electrons. The predicted octanol–water partition coefficient (Wildman–Crippen LogP) is 3.71. The molecule has 0 spiro atoms. The molecule has 0 fully saturated rings. The number of carbonyl (C=O) groups excluding carboxylic acids is 1. The number of amides is 1. The van der Waals surface area contributed by atoms with Crippen molar-refractivity contribution in [2.45, 2.75) is 26.2 Å². The largest absolute Gasteiger partial charge is 0.496 e. The summed E-state index contributed by atoms with van der Waals surface area (Å²) in [6.07, 6.45) is 2.82. The maximum absolute atomic E-state index is 12.5. The Bertz CT molecular complexity index is 964. The summed E-state index contributed by atoms with van der Waals surface area (Å²) in [6, 6.07) is 3.51. The number of rotatable bonds is 9. The molecule has 2 heterocycles. The average Bonchev–Trinajstić information content (AvgIpc) is 3.32. The first-order chi connectivity index (χ1) is 13.6. The molecule has 2 N–H and O–H groups in total. The molecular weight excluding hydrogens is 378 g/mol. The van der Waals surface area contributed by atoms with Gasteiger partial charge >= 0.3 is 0 Å². The van der Waals surface area contributed by atoms with Gasteiger partial charge in [0.15, 0.2) is 11.5 Å². The zero-order valence-corrected chi connectivity index (χ0v) is 17.4. The van der Waals surface area contributed by atoms with E-state index in [1.165, 1.54) is 0 Å². The minimum absolute atomic E-state index is 0.163. The molecule has 0 saturated heterocycles. The van der Waals surface area contributed by atoms with Crippen LogP contribution < -0.4 is 19.5 Å². The van der Waals surface area contributed by atoms with Gasteiger partial charge in [-0.15, -0.1) is 11.3 Å².